The molecule has 1 aromatic heterocycles. The van der Waals surface area contributed by atoms with Gasteiger partial charge in [0.15, 0.2) is 11.6 Å². The largest absolute Gasteiger partial charge is 0.381 e. The molecule has 2 N–H and O–H groups in total. The quantitative estimate of drug-likeness (QED) is 0.831. The fraction of sp³-hybridized carbons (Fsp3) is 0.538. The smallest absolute Gasteiger partial charge is 0.257 e. The minimum absolute atomic E-state index is 0.0171. The Morgan fingerprint density at radius 2 is 2.22 bits per heavy atom. The number of nitrogens with zero attached hydrogens (tertiary/aromatic N) is 2. The van der Waals surface area contributed by atoms with Gasteiger partial charge in [0, 0.05) is 18.8 Å². The minimum Gasteiger partial charge on any atom is -0.381 e. The van der Waals surface area contributed by atoms with Gasteiger partial charge >= 0.3 is 0 Å². The van der Waals surface area contributed by atoms with Crippen molar-refractivity contribution in [3.05, 3.63) is 23.6 Å². The van der Waals surface area contributed by atoms with Crippen molar-refractivity contribution in [1.82, 2.24) is 9.88 Å². The third-order valence-electron chi connectivity index (χ3n) is 3.53. The fourth-order valence-electron chi connectivity index (χ4n) is 2.35. The zero-order chi connectivity index (χ0) is 13.3. The maximum Gasteiger partial charge on any atom is 0.257 e. The fourth-order valence-corrected chi connectivity index (χ4v) is 2.35. The lowest BCUT2D eigenvalue weighted by molar-refractivity contribution is 0.0569. The summed E-state index contributed by atoms with van der Waals surface area (Å²) in [4.78, 5) is 17.7. The number of carbonyl (C=O) groups excluding carboxylic acids is 1. The van der Waals surface area contributed by atoms with Gasteiger partial charge in [-0.25, -0.2) is 9.37 Å². The van der Waals surface area contributed by atoms with E-state index in [9.17, 15) is 9.18 Å². The Kier molecular flexibility index (Phi) is 3.50. The van der Waals surface area contributed by atoms with Crippen LogP contribution in [0.25, 0.3) is 0 Å². The van der Waals surface area contributed by atoms with Crippen LogP contribution in [0, 0.1) is 11.7 Å². The molecule has 18 heavy (non-hydrogen) atoms. The highest BCUT2D eigenvalue weighted by Gasteiger charge is 2.29. The van der Waals surface area contributed by atoms with Gasteiger partial charge in [0.2, 0.25) is 0 Å². The van der Waals surface area contributed by atoms with Crippen LogP contribution >= 0.6 is 0 Å². The topological polar surface area (TPSA) is 59.2 Å². The first-order valence-corrected chi connectivity index (χ1v) is 6.21. The number of halogens is 1. The van der Waals surface area contributed by atoms with Gasteiger partial charge in [-0.2, -0.15) is 0 Å². The van der Waals surface area contributed by atoms with E-state index in [4.69, 9.17) is 5.73 Å². The molecule has 1 amide bonds. The van der Waals surface area contributed by atoms with Gasteiger partial charge < -0.3 is 10.6 Å². The van der Waals surface area contributed by atoms with E-state index in [-0.39, 0.29) is 23.3 Å². The molecular weight excluding hydrogens is 233 g/mol. The molecule has 0 aromatic carbocycles. The lowest BCUT2D eigenvalue weighted by Crippen LogP contribution is -2.45. The molecular formula is C13H18FN3O. The molecule has 2 atom stereocenters. The number of likely N-dealkylation sites (tertiary alicyclic amines) is 1. The predicted molar refractivity (Wildman–Crippen MR) is 67.5 cm³/mol. The van der Waals surface area contributed by atoms with Gasteiger partial charge in [0.1, 0.15) is 0 Å². The number of piperidine rings is 1. The Morgan fingerprint density at radius 3 is 2.94 bits per heavy atom. The molecule has 2 rings (SSSR count). The normalized spacial score (nSPS) is 24.1. The summed E-state index contributed by atoms with van der Waals surface area (Å²) in [7, 11) is 0. The molecule has 0 bridgehead atoms. The molecule has 1 saturated heterocycles. The second-order valence-electron chi connectivity index (χ2n) is 5.05. The number of hydrogen-bond donors (Lipinski definition) is 1. The lowest BCUT2D eigenvalue weighted by Gasteiger charge is -2.36. The molecule has 0 aliphatic carbocycles. The van der Waals surface area contributed by atoms with Gasteiger partial charge in [-0.1, -0.05) is 6.92 Å². The number of pyridine rings is 1. The Balaban J connectivity index is 2.27. The SMILES string of the molecule is CC1CCC(C)N(C(=O)c2ccnc(N)c2F)C1. The first-order chi connectivity index (χ1) is 8.50. The van der Waals surface area contributed by atoms with E-state index in [1.165, 1.54) is 12.3 Å². The first kappa shape index (κ1) is 12.8. The summed E-state index contributed by atoms with van der Waals surface area (Å²) in [6.45, 7) is 4.76. The molecule has 1 aromatic rings. The van der Waals surface area contributed by atoms with Gasteiger partial charge in [0.05, 0.1) is 5.56 Å². The molecule has 2 unspecified atom stereocenters. The number of nitrogen functional groups attached to an aromatic ring is 1. The maximum absolute atomic E-state index is 13.8. The van der Waals surface area contributed by atoms with Crippen LogP contribution in [-0.2, 0) is 0 Å². The zero-order valence-corrected chi connectivity index (χ0v) is 10.7. The summed E-state index contributed by atoms with van der Waals surface area (Å²) < 4.78 is 13.8. The standard InChI is InChI=1S/C13H18FN3O/c1-8-3-4-9(2)17(7-8)13(18)10-5-6-16-12(15)11(10)14/h5-6,8-9H,3-4,7H2,1-2H3,(H2,15,16). The van der Waals surface area contributed by atoms with Crippen molar-refractivity contribution in [3.8, 4) is 0 Å². The van der Waals surface area contributed by atoms with Crippen molar-refractivity contribution >= 4 is 11.7 Å². The highest BCUT2D eigenvalue weighted by molar-refractivity contribution is 5.95. The molecule has 2 heterocycles. The second kappa shape index (κ2) is 4.92. The Morgan fingerprint density at radius 1 is 1.50 bits per heavy atom. The van der Waals surface area contributed by atoms with Crippen LogP contribution in [0.1, 0.15) is 37.0 Å². The number of amides is 1. The van der Waals surface area contributed by atoms with Gasteiger partial charge in [-0.05, 0) is 31.7 Å². The monoisotopic (exact) mass is 251 g/mol. The lowest BCUT2D eigenvalue weighted by atomic mass is 9.94. The van der Waals surface area contributed by atoms with Crippen molar-refractivity contribution in [3.63, 3.8) is 0 Å². The maximum atomic E-state index is 13.8. The summed E-state index contributed by atoms with van der Waals surface area (Å²) in [6, 6.07) is 1.53. The summed E-state index contributed by atoms with van der Waals surface area (Å²) in [5.41, 5.74) is 5.41. The molecule has 5 heteroatoms. The van der Waals surface area contributed by atoms with Crippen LogP contribution < -0.4 is 5.73 Å². The molecule has 4 nitrogen and oxygen atoms in total. The molecule has 0 spiro atoms. The van der Waals surface area contributed by atoms with Gasteiger partial charge in [0.25, 0.3) is 5.91 Å². The number of carbonyl (C=O) groups is 1. The minimum atomic E-state index is -0.715. The third kappa shape index (κ3) is 2.30. The predicted octanol–water partition coefficient (Wildman–Crippen LogP) is 2.06. The first-order valence-electron chi connectivity index (χ1n) is 6.21. The average Bonchev–Trinajstić information content (AvgIpc) is 2.35. The van der Waals surface area contributed by atoms with E-state index in [0.29, 0.717) is 12.5 Å². The summed E-state index contributed by atoms with van der Waals surface area (Å²) in [6.07, 6.45) is 3.42. The molecule has 0 radical (unpaired) electrons. The van der Waals surface area contributed by atoms with E-state index in [1.807, 2.05) is 6.92 Å². The van der Waals surface area contributed by atoms with Crippen LogP contribution in [-0.4, -0.2) is 28.4 Å². The molecule has 98 valence electrons. The summed E-state index contributed by atoms with van der Waals surface area (Å²) >= 11 is 0. The third-order valence-corrected chi connectivity index (χ3v) is 3.53. The van der Waals surface area contributed by atoms with Crippen LogP contribution in [0.5, 0.6) is 0 Å². The van der Waals surface area contributed by atoms with E-state index in [0.717, 1.165) is 12.8 Å². The Labute approximate surface area is 106 Å². The highest BCUT2D eigenvalue weighted by atomic mass is 19.1. The highest BCUT2D eigenvalue weighted by Crippen LogP contribution is 2.24. The number of nitrogens with two attached hydrogens (primary N) is 1. The second-order valence-corrected chi connectivity index (χ2v) is 5.05. The molecule has 1 aliphatic rings. The number of rotatable bonds is 1. The zero-order valence-electron chi connectivity index (χ0n) is 10.7. The van der Waals surface area contributed by atoms with Crippen LogP contribution in [0.3, 0.4) is 0 Å². The molecule has 0 saturated carbocycles. The molecule has 1 fully saturated rings. The van der Waals surface area contributed by atoms with Crippen molar-refractivity contribution in [2.75, 3.05) is 12.3 Å². The van der Waals surface area contributed by atoms with Crippen molar-refractivity contribution in [2.24, 2.45) is 5.92 Å². The van der Waals surface area contributed by atoms with Gasteiger partial charge in [-0.3, -0.25) is 4.79 Å². The van der Waals surface area contributed by atoms with Crippen molar-refractivity contribution in [2.45, 2.75) is 32.7 Å². The van der Waals surface area contributed by atoms with E-state index in [1.54, 1.807) is 4.90 Å². The van der Waals surface area contributed by atoms with E-state index < -0.39 is 5.82 Å². The van der Waals surface area contributed by atoms with Crippen LogP contribution in [0.2, 0.25) is 0 Å². The van der Waals surface area contributed by atoms with Crippen molar-refractivity contribution in [1.29, 1.82) is 0 Å². The number of anilines is 1. The Bertz CT molecular complexity index is 464. The average molecular weight is 251 g/mol. The van der Waals surface area contributed by atoms with Crippen LogP contribution in [0.4, 0.5) is 10.2 Å². The summed E-state index contributed by atoms with van der Waals surface area (Å²) in [5, 5.41) is 0. The number of hydrogen-bond acceptors (Lipinski definition) is 3. The van der Waals surface area contributed by atoms with Crippen molar-refractivity contribution < 1.29 is 9.18 Å². The Hall–Kier alpha value is -1.65. The van der Waals surface area contributed by atoms with E-state index >= 15 is 0 Å². The van der Waals surface area contributed by atoms with Crippen LogP contribution in [0.15, 0.2) is 12.3 Å². The van der Waals surface area contributed by atoms with Gasteiger partial charge in [-0.15, -0.1) is 0 Å². The summed E-state index contributed by atoms with van der Waals surface area (Å²) in [5.74, 6) is -0.778. The number of aromatic nitrogens is 1. The van der Waals surface area contributed by atoms with E-state index in [2.05, 4.69) is 11.9 Å². The molecule has 1 aliphatic heterocycles.